The van der Waals surface area contributed by atoms with Gasteiger partial charge in [-0.25, -0.2) is 29.0 Å². The Kier molecular flexibility index (Phi) is 13.9. The number of carbonyl (C=O) groups is 4. The maximum absolute atomic E-state index is 12.0. The fourth-order valence-electron chi connectivity index (χ4n) is 3.25. The van der Waals surface area contributed by atoms with Gasteiger partial charge in [0.15, 0.2) is 0 Å². The third-order valence-corrected chi connectivity index (χ3v) is 5.06. The van der Waals surface area contributed by atoms with Crippen LogP contribution in [-0.2, 0) is 48.6 Å². The number of hydrogen-bond donors (Lipinski definition) is 0. The molecule has 2 aromatic rings. The van der Waals surface area contributed by atoms with E-state index in [2.05, 4.69) is 39.1 Å². The van der Waals surface area contributed by atoms with Crippen molar-refractivity contribution in [2.45, 2.75) is 27.7 Å². The van der Waals surface area contributed by atoms with E-state index in [1.807, 2.05) is 0 Å². The van der Waals surface area contributed by atoms with Crippen LogP contribution in [0.2, 0.25) is 0 Å². The van der Waals surface area contributed by atoms with Gasteiger partial charge in [0.2, 0.25) is 0 Å². The molecule has 14 heteroatoms. The maximum Gasteiger partial charge on any atom is 0.543 e. The quantitative estimate of drug-likeness (QED) is 0.132. The maximum atomic E-state index is 12.0. The van der Waals surface area contributed by atoms with Gasteiger partial charge in [0, 0.05) is 0 Å². The fourth-order valence-corrected chi connectivity index (χ4v) is 3.25. The molecule has 0 aliphatic heterocycles. The van der Waals surface area contributed by atoms with E-state index in [0.29, 0.717) is 33.4 Å². The molecule has 0 unspecified atom stereocenters. The summed E-state index contributed by atoms with van der Waals surface area (Å²) in [5, 5.41) is 8.34. The molecule has 2 aromatic carbocycles. The van der Waals surface area contributed by atoms with Crippen LogP contribution in [0.3, 0.4) is 0 Å². The molecule has 0 atom stereocenters. The van der Waals surface area contributed by atoms with Crippen LogP contribution in [-0.4, -0.2) is 63.9 Å². The first-order valence-corrected chi connectivity index (χ1v) is 11.9. The molecule has 2 rings (SSSR count). The molecule has 0 spiro atoms. The van der Waals surface area contributed by atoms with E-state index in [1.165, 1.54) is 0 Å². The van der Waals surface area contributed by atoms with Gasteiger partial charge in [-0.15, -0.1) is 0 Å². The van der Waals surface area contributed by atoms with Gasteiger partial charge in [-0.3, -0.25) is 9.78 Å². The molecule has 0 aliphatic carbocycles. The second-order valence-corrected chi connectivity index (χ2v) is 8.00. The van der Waals surface area contributed by atoms with E-state index in [9.17, 15) is 19.2 Å². The molecule has 0 radical (unpaired) electrons. The fraction of sp³-hybridized carbons (Fsp3) is 0.385. The van der Waals surface area contributed by atoms with E-state index < -0.39 is 24.2 Å². The minimum atomic E-state index is -1.23. The highest BCUT2D eigenvalue weighted by Crippen LogP contribution is 2.15. The number of hydrogen-bond acceptors (Lipinski definition) is 14. The SMILES string of the molecule is Cc1cccc(C)c1C(=O)OOOC(=O)OCCOCCOCCOC(=O)OOOC(=O)c1c(C)cccc1C. The lowest BCUT2D eigenvalue weighted by Crippen LogP contribution is -2.17. The second kappa shape index (κ2) is 17.4. The lowest BCUT2D eigenvalue weighted by molar-refractivity contribution is -0.452. The zero-order valence-corrected chi connectivity index (χ0v) is 22.4. The van der Waals surface area contributed by atoms with Crippen LogP contribution < -0.4 is 0 Å². The van der Waals surface area contributed by atoms with Gasteiger partial charge in [-0.05, 0) is 49.9 Å². The molecular formula is C26H30O14. The van der Waals surface area contributed by atoms with Gasteiger partial charge >= 0.3 is 24.2 Å². The Balaban J connectivity index is 1.41. The van der Waals surface area contributed by atoms with E-state index in [4.69, 9.17) is 9.47 Å². The Bertz CT molecular complexity index is 1020. The van der Waals surface area contributed by atoms with Crippen molar-refractivity contribution in [1.82, 2.24) is 0 Å². The highest BCUT2D eigenvalue weighted by atomic mass is 17.5. The summed E-state index contributed by atoms with van der Waals surface area (Å²) in [6, 6.07) is 10.5. The van der Waals surface area contributed by atoms with Crippen molar-refractivity contribution in [1.29, 1.82) is 0 Å². The highest BCUT2D eigenvalue weighted by molar-refractivity contribution is 5.92. The van der Waals surface area contributed by atoms with Gasteiger partial charge in [0.1, 0.15) is 13.2 Å². The molecule has 218 valence electrons. The summed E-state index contributed by atoms with van der Waals surface area (Å²) in [7, 11) is 0. The topological polar surface area (TPSA) is 161 Å². The molecule has 0 amide bonds. The van der Waals surface area contributed by atoms with E-state index >= 15 is 0 Å². The zero-order valence-electron chi connectivity index (χ0n) is 22.4. The van der Waals surface area contributed by atoms with Crippen molar-refractivity contribution in [2.75, 3.05) is 39.6 Å². The molecule has 14 nitrogen and oxygen atoms in total. The minimum Gasteiger partial charge on any atom is -0.430 e. The number of ether oxygens (including phenoxy) is 4. The first kappa shape index (κ1) is 32.0. The van der Waals surface area contributed by atoms with Crippen LogP contribution in [0, 0.1) is 27.7 Å². The summed E-state index contributed by atoms with van der Waals surface area (Å²) in [5.74, 6) is -1.64. The summed E-state index contributed by atoms with van der Waals surface area (Å²) in [6.07, 6.45) is -2.47. The first-order valence-electron chi connectivity index (χ1n) is 11.9. The standard InChI is InChI=1S/C26H30O14/c1-17-7-5-8-18(2)21(17)23(27)35-39-37-25(29)33-15-13-31-11-12-32-14-16-34-26(30)38-40-36-24(28)22-19(3)9-6-10-20(22)4/h5-10H,11-16H2,1-4H3. The average molecular weight is 567 g/mol. The van der Waals surface area contributed by atoms with Gasteiger partial charge in [-0.1, -0.05) is 36.4 Å². The largest absolute Gasteiger partial charge is 0.543 e. The summed E-state index contributed by atoms with van der Waals surface area (Å²) in [4.78, 5) is 64.1. The van der Waals surface area contributed by atoms with Crippen LogP contribution in [0.5, 0.6) is 0 Å². The Morgan fingerprint density at radius 3 is 1.18 bits per heavy atom. The molecule has 0 aromatic heterocycles. The lowest BCUT2D eigenvalue weighted by Gasteiger charge is -2.08. The van der Waals surface area contributed by atoms with Crippen molar-refractivity contribution in [3.8, 4) is 0 Å². The van der Waals surface area contributed by atoms with Crippen molar-refractivity contribution in [2.24, 2.45) is 0 Å². The molecule has 0 N–H and O–H groups in total. The molecule has 0 aliphatic rings. The van der Waals surface area contributed by atoms with Gasteiger partial charge < -0.3 is 18.9 Å². The van der Waals surface area contributed by atoms with Crippen LogP contribution in [0.15, 0.2) is 36.4 Å². The molecule has 40 heavy (non-hydrogen) atoms. The molecular weight excluding hydrogens is 536 g/mol. The Labute approximate surface area is 229 Å². The molecule has 0 heterocycles. The minimum absolute atomic E-state index is 0.0154. The molecule has 0 bridgehead atoms. The summed E-state index contributed by atoms with van der Waals surface area (Å²) in [6.45, 7) is 6.87. The first-order chi connectivity index (χ1) is 19.2. The Hall–Kier alpha value is -4.24. The van der Waals surface area contributed by atoms with Crippen LogP contribution in [0.25, 0.3) is 0 Å². The van der Waals surface area contributed by atoms with Crippen LogP contribution >= 0.6 is 0 Å². The lowest BCUT2D eigenvalue weighted by atomic mass is 10.0. The summed E-state index contributed by atoms with van der Waals surface area (Å²) < 4.78 is 19.7. The van der Waals surface area contributed by atoms with Gasteiger partial charge in [0.05, 0.1) is 47.6 Å². The average Bonchev–Trinajstić information content (AvgIpc) is 2.89. The number of aryl methyl sites for hydroxylation is 4. The van der Waals surface area contributed by atoms with Gasteiger partial charge in [-0.2, -0.15) is 0 Å². The van der Waals surface area contributed by atoms with Crippen molar-refractivity contribution >= 4 is 24.2 Å². The Morgan fingerprint density at radius 1 is 0.500 bits per heavy atom. The normalized spacial score (nSPS) is 10.4. The van der Waals surface area contributed by atoms with E-state index in [0.717, 1.165) is 0 Å². The van der Waals surface area contributed by atoms with Crippen molar-refractivity contribution in [3.63, 3.8) is 0 Å². The zero-order chi connectivity index (χ0) is 29.3. The predicted molar refractivity (Wildman–Crippen MR) is 131 cm³/mol. The number of benzene rings is 2. The van der Waals surface area contributed by atoms with Crippen LogP contribution in [0.4, 0.5) is 9.59 Å². The molecule has 0 fully saturated rings. The van der Waals surface area contributed by atoms with E-state index in [1.54, 1.807) is 64.1 Å². The van der Waals surface area contributed by atoms with Crippen LogP contribution in [0.1, 0.15) is 43.0 Å². The Morgan fingerprint density at radius 2 is 0.825 bits per heavy atom. The smallest absolute Gasteiger partial charge is 0.430 e. The second-order valence-electron chi connectivity index (χ2n) is 8.00. The molecule has 0 saturated heterocycles. The third-order valence-electron chi connectivity index (χ3n) is 5.06. The predicted octanol–water partition coefficient (Wildman–Crippen LogP) is 3.97. The van der Waals surface area contributed by atoms with Crippen molar-refractivity contribution in [3.05, 3.63) is 69.8 Å². The summed E-state index contributed by atoms with van der Waals surface area (Å²) in [5.41, 5.74) is 3.28. The summed E-state index contributed by atoms with van der Waals surface area (Å²) >= 11 is 0. The molecule has 0 saturated carbocycles. The van der Waals surface area contributed by atoms with E-state index in [-0.39, 0.29) is 39.6 Å². The highest BCUT2D eigenvalue weighted by Gasteiger charge is 2.17. The number of rotatable bonds is 15. The number of carbonyl (C=O) groups excluding carboxylic acids is 4. The van der Waals surface area contributed by atoms with Crippen molar-refractivity contribution < 1.29 is 67.8 Å². The van der Waals surface area contributed by atoms with Gasteiger partial charge in [0.25, 0.3) is 0 Å². The monoisotopic (exact) mass is 566 g/mol. The third kappa shape index (κ3) is 11.2.